The van der Waals surface area contributed by atoms with E-state index in [2.05, 4.69) is 5.32 Å². The Hall–Kier alpha value is -3.14. The van der Waals surface area contributed by atoms with Crippen molar-refractivity contribution in [1.82, 2.24) is 5.32 Å². The molecule has 2 heterocycles. The highest BCUT2D eigenvalue weighted by molar-refractivity contribution is 7.92. The van der Waals surface area contributed by atoms with Crippen LogP contribution in [0.4, 0.5) is 5.69 Å². The lowest BCUT2D eigenvalue weighted by molar-refractivity contribution is -0.120. The first-order chi connectivity index (χ1) is 15.0. The van der Waals surface area contributed by atoms with Crippen LogP contribution in [0.1, 0.15) is 6.92 Å². The van der Waals surface area contributed by atoms with Crippen molar-refractivity contribution in [2.75, 3.05) is 43.0 Å². The second kappa shape index (κ2) is 8.93. The van der Waals surface area contributed by atoms with Gasteiger partial charge in [0.25, 0.3) is 0 Å². The van der Waals surface area contributed by atoms with Crippen LogP contribution in [-0.2, 0) is 14.8 Å². The third-order valence-electron chi connectivity index (χ3n) is 4.90. The van der Waals surface area contributed by atoms with Gasteiger partial charge in [-0.05, 0) is 31.2 Å². The second-order valence-corrected chi connectivity index (χ2v) is 9.22. The molecule has 2 aromatic carbocycles. The summed E-state index contributed by atoms with van der Waals surface area (Å²) < 4.78 is 48.9. The van der Waals surface area contributed by atoms with E-state index in [1.54, 1.807) is 24.3 Å². The highest BCUT2D eigenvalue weighted by atomic mass is 32.2. The maximum absolute atomic E-state index is 12.7. The highest BCUT2D eigenvalue weighted by Crippen LogP contribution is 2.35. The van der Waals surface area contributed by atoms with E-state index in [9.17, 15) is 13.2 Å². The predicted molar refractivity (Wildman–Crippen MR) is 114 cm³/mol. The van der Waals surface area contributed by atoms with E-state index in [4.69, 9.17) is 18.9 Å². The smallest absolute Gasteiger partial charge is 0.240 e. The second-order valence-electron chi connectivity index (χ2n) is 7.04. The lowest BCUT2D eigenvalue weighted by Crippen LogP contribution is -2.46. The molecular weight excluding hydrogens is 424 g/mol. The van der Waals surface area contributed by atoms with Gasteiger partial charge >= 0.3 is 0 Å². The molecule has 0 fully saturated rings. The molecule has 2 aliphatic rings. The van der Waals surface area contributed by atoms with Crippen molar-refractivity contribution < 1.29 is 32.2 Å². The van der Waals surface area contributed by atoms with Gasteiger partial charge in [0, 0.05) is 6.07 Å². The molecule has 166 valence electrons. The first-order valence-corrected chi connectivity index (χ1v) is 11.6. The lowest BCUT2D eigenvalue weighted by Gasteiger charge is -2.28. The van der Waals surface area contributed by atoms with E-state index in [1.807, 2.05) is 18.2 Å². The molecule has 0 aliphatic carbocycles. The SMILES string of the molecule is CCS(=O)(=O)N(CC(=O)NC[C@@H]1COc2ccccc2O1)c1ccc2c(c1)OCCO2. The summed E-state index contributed by atoms with van der Waals surface area (Å²) in [5.41, 5.74) is 0.340. The Morgan fingerprint density at radius 2 is 1.74 bits per heavy atom. The van der Waals surface area contributed by atoms with Crippen molar-refractivity contribution in [1.29, 1.82) is 0 Å². The molecule has 1 N–H and O–H groups in total. The van der Waals surface area contributed by atoms with E-state index in [-0.39, 0.29) is 31.6 Å². The van der Waals surface area contributed by atoms with Crippen molar-refractivity contribution in [2.24, 2.45) is 0 Å². The van der Waals surface area contributed by atoms with Crippen molar-refractivity contribution in [3.8, 4) is 23.0 Å². The monoisotopic (exact) mass is 448 g/mol. The zero-order valence-corrected chi connectivity index (χ0v) is 17.9. The fourth-order valence-electron chi connectivity index (χ4n) is 3.27. The third-order valence-corrected chi connectivity index (χ3v) is 6.64. The Balaban J connectivity index is 1.42. The van der Waals surface area contributed by atoms with Crippen molar-refractivity contribution >= 4 is 21.6 Å². The Morgan fingerprint density at radius 1 is 1.03 bits per heavy atom. The molecular formula is C21H24N2O7S. The molecule has 2 aliphatic heterocycles. The van der Waals surface area contributed by atoms with Gasteiger partial charge in [-0.3, -0.25) is 9.10 Å². The number of amides is 1. The minimum Gasteiger partial charge on any atom is -0.486 e. The summed E-state index contributed by atoms with van der Waals surface area (Å²) in [7, 11) is -3.70. The summed E-state index contributed by atoms with van der Waals surface area (Å²) in [6, 6.07) is 12.1. The average molecular weight is 448 g/mol. The zero-order valence-electron chi connectivity index (χ0n) is 17.1. The minimum absolute atomic E-state index is 0.148. The molecule has 0 unspecified atom stereocenters. The van der Waals surface area contributed by atoms with E-state index in [0.29, 0.717) is 41.9 Å². The van der Waals surface area contributed by atoms with E-state index < -0.39 is 15.9 Å². The number of benzene rings is 2. The van der Waals surface area contributed by atoms with Gasteiger partial charge in [0.1, 0.15) is 32.5 Å². The van der Waals surface area contributed by atoms with Gasteiger partial charge in [-0.1, -0.05) is 12.1 Å². The molecule has 0 saturated heterocycles. The summed E-state index contributed by atoms with van der Waals surface area (Å²) in [5, 5.41) is 2.74. The summed E-state index contributed by atoms with van der Waals surface area (Å²) in [6.07, 6.45) is -0.371. The first kappa shape index (κ1) is 21.1. The predicted octanol–water partition coefficient (Wildman–Crippen LogP) is 1.57. The van der Waals surface area contributed by atoms with Crippen LogP contribution < -0.4 is 28.6 Å². The average Bonchev–Trinajstić information content (AvgIpc) is 2.80. The van der Waals surface area contributed by atoms with E-state index >= 15 is 0 Å². The number of ether oxygens (including phenoxy) is 4. The number of anilines is 1. The first-order valence-electron chi connectivity index (χ1n) is 10.0. The number of hydrogen-bond donors (Lipinski definition) is 1. The van der Waals surface area contributed by atoms with E-state index in [0.717, 1.165) is 4.31 Å². The zero-order chi connectivity index (χ0) is 21.8. The van der Waals surface area contributed by atoms with Crippen LogP contribution >= 0.6 is 0 Å². The highest BCUT2D eigenvalue weighted by Gasteiger charge is 2.27. The molecule has 4 rings (SSSR count). The number of para-hydroxylation sites is 2. The number of carbonyl (C=O) groups is 1. The topological polar surface area (TPSA) is 103 Å². The molecule has 2 aromatic rings. The van der Waals surface area contributed by atoms with Crippen molar-refractivity contribution in [3.63, 3.8) is 0 Å². The standard InChI is InChI=1S/C21H24N2O7S/c1-2-31(25,26)23(15-7-8-18-20(11-15)28-10-9-27-18)13-21(24)22-12-16-14-29-17-5-3-4-6-19(17)30-16/h3-8,11,16H,2,9-10,12-14H2,1H3,(H,22,24)/t16-/m1/s1. The van der Waals surface area contributed by atoms with Crippen LogP contribution in [0, 0.1) is 0 Å². The van der Waals surface area contributed by atoms with E-state index in [1.165, 1.54) is 6.92 Å². The molecule has 0 radical (unpaired) electrons. The number of hydrogen-bond acceptors (Lipinski definition) is 7. The molecule has 1 atom stereocenters. The maximum Gasteiger partial charge on any atom is 0.240 e. The van der Waals surface area contributed by atoms with Gasteiger partial charge in [-0.15, -0.1) is 0 Å². The Kier molecular flexibility index (Phi) is 6.08. The van der Waals surface area contributed by atoms with Gasteiger partial charge in [-0.25, -0.2) is 8.42 Å². The van der Waals surface area contributed by atoms with Gasteiger partial charge in [-0.2, -0.15) is 0 Å². The number of carbonyl (C=O) groups excluding carboxylic acids is 1. The molecule has 9 nitrogen and oxygen atoms in total. The number of nitrogens with zero attached hydrogens (tertiary/aromatic N) is 1. The molecule has 31 heavy (non-hydrogen) atoms. The largest absolute Gasteiger partial charge is 0.486 e. The van der Waals surface area contributed by atoms with Crippen molar-refractivity contribution in [3.05, 3.63) is 42.5 Å². The fourth-order valence-corrected chi connectivity index (χ4v) is 4.33. The summed E-state index contributed by atoms with van der Waals surface area (Å²) >= 11 is 0. The van der Waals surface area contributed by atoms with Crippen LogP contribution in [0.5, 0.6) is 23.0 Å². The Bertz CT molecular complexity index is 1060. The van der Waals surface area contributed by atoms with Gasteiger partial charge in [0.2, 0.25) is 15.9 Å². The lowest BCUT2D eigenvalue weighted by atomic mass is 10.2. The van der Waals surface area contributed by atoms with Crippen LogP contribution in [0.2, 0.25) is 0 Å². The van der Waals surface area contributed by atoms with Crippen LogP contribution in [-0.4, -0.2) is 59.1 Å². The molecule has 0 saturated carbocycles. The van der Waals surface area contributed by atoms with Crippen LogP contribution in [0.15, 0.2) is 42.5 Å². The normalized spacial score (nSPS) is 17.0. The molecule has 0 bridgehead atoms. The summed E-state index contributed by atoms with van der Waals surface area (Å²) in [4.78, 5) is 12.6. The number of nitrogens with one attached hydrogen (secondary N) is 1. The van der Waals surface area contributed by atoms with Gasteiger partial charge < -0.3 is 24.3 Å². The third kappa shape index (κ3) is 4.79. The number of rotatable bonds is 7. The van der Waals surface area contributed by atoms with Gasteiger partial charge in [0.15, 0.2) is 23.0 Å². The summed E-state index contributed by atoms with van der Waals surface area (Å²) in [5.74, 6) is 1.66. The van der Waals surface area contributed by atoms with Crippen molar-refractivity contribution in [2.45, 2.75) is 13.0 Å². The molecule has 1 amide bonds. The molecule has 0 aromatic heterocycles. The quantitative estimate of drug-likeness (QED) is 0.686. The summed E-state index contributed by atoms with van der Waals surface area (Å²) in [6.45, 7) is 2.46. The fraction of sp³-hybridized carbons (Fsp3) is 0.381. The number of fused-ring (bicyclic) bond motifs is 2. The number of sulfonamides is 1. The van der Waals surface area contributed by atoms with Crippen LogP contribution in [0.3, 0.4) is 0 Å². The Labute approximate surface area is 180 Å². The molecule has 0 spiro atoms. The van der Waals surface area contributed by atoms with Gasteiger partial charge in [0.05, 0.1) is 18.0 Å². The molecule has 10 heteroatoms. The Morgan fingerprint density at radius 3 is 2.52 bits per heavy atom. The maximum atomic E-state index is 12.7. The van der Waals surface area contributed by atoms with Crippen LogP contribution in [0.25, 0.3) is 0 Å². The minimum atomic E-state index is -3.70.